The summed E-state index contributed by atoms with van der Waals surface area (Å²) in [6.07, 6.45) is -5.21. The van der Waals surface area contributed by atoms with Gasteiger partial charge < -0.3 is 19.8 Å². The van der Waals surface area contributed by atoms with Crippen LogP contribution >= 0.6 is 0 Å². The van der Waals surface area contributed by atoms with Crippen LogP contribution in [0.2, 0.25) is 0 Å². The number of aliphatic imine (C=N–C) groups is 1. The van der Waals surface area contributed by atoms with E-state index in [0.29, 0.717) is 37.4 Å². The Balaban J connectivity index is 1.60. The van der Waals surface area contributed by atoms with Gasteiger partial charge in [0.25, 0.3) is 0 Å². The summed E-state index contributed by atoms with van der Waals surface area (Å²) in [5, 5.41) is 19.2. The van der Waals surface area contributed by atoms with E-state index < -0.39 is 30.2 Å². The molecule has 1 atom stereocenters. The van der Waals surface area contributed by atoms with Crippen molar-refractivity contribution in [3.8, 4) is 6.07 Å². The zero-order valence-corrected chi connectivity index (χ0v) is 20.6. The second kappa shape index (κ2) is 10.3. The number of anilines is 2. The number of carbonyl (C=O) groups is 1. The van der Waals surface area contributed by atoms with Crippen LogP contribution in [0.25, 0.3) is 0 Å². The normalized spacial score (nSPS) is 17.4. The molecular weight excluding hydrogens is 514 g/mol. The highest BCUT2D eigenvalue weighted by atomic mass is 19.4. The van der Waals surface area contributed by atoms with E-state index in [9.17, 15) is 32.7 Å². The molecule has 200 valence electrons. The second-order valence-corrected chi connectivity index (χ2v) is 9.25. The largest absolute Gasteiger partial charge is 0.481 e. The number of alkyl halides is 3. The molecule has 7 nitrogen and oxygen atoms in total. The van der Waals surface area contributed by atoms with Crippen LogP contribution in [0.3, 0.4) is 0 Å². The maximum absolute atomic E-state index is 14.2. The van der Waals surface area contributed by atoms with Crippen LogP contribution in [-0.4, -0.2) is 48.1 Å². The molecule has 39 heavy (non-hydrogen) atoms. The first-order valence-corrected chi connectivity index (χ1v) is 12.2. The summed E-state index contributed by atoms with van der Waals surface area (Å²) in [6.45, 7) is 1.74. The number of halogens is 4. The van der Waals surface area contributed by atoms with E-state index in [1.807, 2.05) is 15.9 Å². The summed E-state index contributed by atoms with van der Waals surface area (Å²) in [6, 6.07) is 16.7. The Morgan fingerprint density at radius 3 is 2.31 bits per heavy atom. The molecule has 0 aromatic heterocycles. The van der Waals surface area contributed by atoms with Gasteiger partial charge in [0, 0.05) is 37.4 Å². The van der Waals surface area contributed by atoms with Crippen LogP contribution in [0.1, 0.15) is 29.2 Å². The Labute approximate surface area is 221 Å². The molecule has 0 spiro atoms. The van der Waals surface area contributed by atoms with Gasteiger partial charge in [0.05, 0.1) is 41.0 Å². The second-order valence-electron chi connectivity index (χ2n) is 9.25. The summed E-state index contributed by atoms with van der Waals surface area (Å²) < 4.78 is 55.9. The van der Waals surface area contributed by atoms with Gasteiger partial charge in [-0.1, -0.05) is 12.1 Å². The summed E-state index contributed by atoms with van der Waals surface area (Å²) in [5.41, 5.74) is 0.694. The van der Waals surface area contributed by atoms with Crippen molar-refractivity contribution in [2.24, 2.45) is 4.99 Å². The van der Waals surface area contributed by atoms with E-state index >= 15 is 0 Å². The highest BCUT2D eigenvalue weighted by molar-refractivity contribution is 6.02. The van der Waals surface area contributed by atoms with Crippen molar-refractivity contribution in [2.75, 3.05) is 36.0 Å². The lowest BCUT2D eigenvalue weighted by Crippen LogP contribution is -2.55. The number of benzene rings is 3. The van der Waals surface area contributed by atoms with Crippen molar-refractivity contribution in [1.29, 1.82) is 5.26 Å². The van der Waals surface area contributed by atoms with Gasteiger partial charge in [-0.15, -0.1) is 0 Å². The van der Waals surface area contributed by atoms with Gasteiger partial charge in [0.2, 0.25) is 5.96 Å². The molecule has 2 aliphatic heterocycles. The Bertz CT molecular complexity index is 1460. The summed E-state index contributed by atoms with van der Waals surface area (Å²) in [4.78, 5) is 21.9. The van der Waals surface area contributed by atoms with Crippen molar-refractivity contribution >= 4 is 29.0 Å². The average molecular weight is 538 g/mol. The van der Waals surface area contributed by atoms with Crippen LogP contribution in [0.4, 0.5) is 34.6 Å². The fourth-order valence-corrected chi connectivity index (χ4v) is 5.04. The number of rotatable bonds is 4. The third-order valence-electron chi connectivity index (χ3n) is 6.85. The molecular formula is C28H23F4N5O2. The molecule has 2 aliphatic rings. The number of hydrogen-bond donors (Lipinski definition) is 1. The van der Waals surface area contributed by atoms with Gasteiger partial charge in [-0.25, -0.2) is 9.38 Å². The summed E-state index contributed by atoms with van der Waals surface area (Å²) in [5.74, 6) is -1.35. The smallest absolute Gasteiger partial charge is 0.418 e. The zero-order chi connectivity index (χ0) is 27.7. The molecule has 1 N–H and O–H groups in total. The Hall–Kier alpha value is -4.59. The molecule has 2 heterocycles. The van der Waals surface area contributed by atoms with Crippen molar-refractivity contribution in [2.45, 2.75) is 18.6 Å². The minimum Gasteiger partial charge on any atom is -0.481 e. The molecule has 5 rings (SSSR count). The van der Waals surface area contributed by atoms with Crippen molar-refractivity contribution in [1.82, 2.24) is 4.90 Å². The monoisotopic (exact) mass is 537 g/mol. The quantitative estimate of drug-likeness (QED) is 0.439. The number of piperazine rings is 1. The van der Waals surface area contributed by atoms with Gasteiger partial charge in [-0.3, -0.25) is 4.79 Å². The number of carboxylic acid groups (broad SMARTS) is 1. The molecule has 0 bridgehead atoms. The van der Waals surface area contributed by atoms with Gasteiger partial charge in [0.15, 0.2) is 0 Å². The number of hydrogen-bond acceptors (Lipinski definition) is 6. The predicted octanol–water partition coefficient (Wildman–Crippen LogP) is 5.56. The third-order valence-corrected chi connectivity index (χ3v) is 6.85. The molecule has 1 fully saturated rings. The highest BCUT2D eigenvalue weighted by Gasteiger charge is 2.42. The molecule has 3 aromatic rings. The van der Waals surface area contributed by atoms with Crippen LogP contribution in [0, 0.1) is 17.1 Å². The number of para-hydroxylation sites is 1. The maximum atomic E-state index is 14.2. The molecule has 11 heteroatoms. The SMILES string of the molecule is N#Cc1ccc2c(c1)C(CC(=O)O)N(c1ccccc1C(F)(F)F)C(N1CCN(c3ccc(F)cc3)CC1)=N2. The number of fused-ring (bicyclic) bond motifs is 1. The standard InChI is InChI=1S/C28H23F4N5O2/c29-19-6-8-20(9-7-19)35-11-13-36(14-12-35)27-34-23-10-5-18(17-33)15-21(23)25(16-26(38)39)37(27)24-4-2-1-3-22(24)28(30,31)32/h1-10,15,25H,11-14,16H2,(H,38,39). The molecule has 0 aliphatic carbocycles. The molecule has 0 saturated carbocycles. The van der Waals surface area contributed by atoms with Crippen LogP contribution < -0.4 is 9.80 Å². The van der Waals surface area contributed by atoms with Gasteiger partial charge in [0.1, 0.15) is 5.82 Å². The van der Waals surface area contributed by atoms with E-state index in [2.05, 4.69) is 0 Å². The minimum absolute atomic E-state index is 0.203. The molecule has 1 saturated heterocycles. The molecule has 0 amide bonds. The number of aliphatic carboxylic acids is 1. The first-order chi connectivity index (χ1) is 18.7. The van der Waals surface area contributed by atoms with E-state index in [1.165, 1.54) is 41.3 Å². The van der Waals surface area contributed by atoms with E-state index in [4.69, 9.17) is 4.99 Å². The van der Waals surface area contributed by atoms with E-state index in [0.717, 1.165) is 11.8 Å². The number of guanidine groups is 1. The maximum Gasteiger partial charge on any atom is 0.418 e. The van der Waals surface area contributed by atoms with Crippen molar-refractivity contribution in [3.05, 3.63) is 89.2 Å². The molecule has 3 aromatic carbocycles. The minimum atomic E-state index is -4.70. The van der Waals surface area contributed by atoms with Gasteiger partial charge >= 0.3 is 12.1 Å². The topological polar surface area (TPSA) is 83.2 Å². The third kappa shape index (κ3) is 5.23. The number of nitrogens with zero attached hydrogens (tertiary/aromatic N) is 5. The van der Waals surface area contributed by atoms with Crippen LogP contribution in [0.5, 0.6) is 0 Å². The lowest BCUT2D eigenvalue weighted by Gasteiger charge is -2.45. The van der Waals surface area contributed by atoms with Gasteiger partial charge in [-0.05, 0) is 54.6 Å². The number of carboxylic acids is 1. The molecule has 0 radical (unpaired) electrons. The Kier molecular flexibility index (Phi) is 6.87. The van der Waals surface area contributed by atoms with E-state index in [-0.39, 0.29) is 23.0 Å². The predicted molar refractivity (Wildman–Crippen MR) is 137 cm³/mol. The van der Waals surface area contributed by atoms with Crippen molar-refractivity contribution < 1.29 is 27.5 Å². The summed E-state index contributed by atoms with van der Waals surface area (Å²) >= 11 is 0. The van der Waals surface area contributed by atoms with Gasteiger partial charge in [-0.2, -0.15) is 18.4 Å². The van der Waals surface area contributed by atoms with Crippen molar-refractivity contribution in [3.63, 3.8) is 0 Å². The van der Waals surface area contributed by atoms with Crippen LogP contribution in [-0.2, 0) is 11.0 Å². The average Bonchev–Trinajstić information content (AvgIpc) is 2.92. The zero-order valence-electron chi connectivity index (χ0n) is 20.6. The Morgan fingerprint density at radius 2 is 1.67 bits per heavy atom. The summed E-state index contributed by atoms with van der Waals surface area (Å²) in [7, 11) is 0. The fourth-order valence-electron chi connectivity index (χ4n) is 5.04. The lowest BCUT2D eigenvalue weighted by molar-refractivity contribution is -0.137. The van der Waals surface area contributed by atoms with Crippen LogP contribution in [0.15, 0.2) is 71.7 Å². The first kappa shape index (κ1) is 26.0. The molecule has 1 unspecified atom stereocenters. The fraction of sp³-hybridized carbons (Fsp3) is 0.250. The lowest BCUT2D eigenvalue weighted by atomic mass is 9.95. The number of nitriles is 1. The Morgan fingerprint density at radius 1 is 1.00 bits per heavy atom. The van der Waals surface area contributed by atoms with E-state index in [1.54, 1.807) is 24.3 Å². The highest BCUT2D eigenvalue weighted by Crippen LogP contribution is 2.45. The first-order valence-electron chi connectivity index (χ1n) is 12.2.